The molecule has 0 aliphatic carbocycles. The van der Waals surface area contributed by atoms with Crippen molar-refractivity contribution in [3.8, 4) is 0 Å². The van der Waals surface area contributed by atoms with Crippen LogP contribution in [-0.2, 0) is 16.9 Å². The van der Waals surface area contributed by atoms with Crippen LogP contribution in [-0.4, -0.2) is 16.8 Å². The number of nitrogens with zero attached hydrogens (tertiary/aromatic N) is 1. The van der Waals surface area contributed by atoms with Crippen molar-refractivity contribution in [2.45, 2.75) is 18.6 Å². The number of carbonyl (C=O) groups is 2. The number of Topliss-reactive ketones (excluding diaryl/α,β-unsaturated/α-hetero) is 1. The SMILES string of the molecule is O=C(C[C@]1(O)C(=O)N(Cc2ccccc2Cl)c2ccc(Br)cc21)c1cccs1. The summed E-state index contributed by atoms with van der Waals surface area (Å²) in [6.45, 7) is 0.211. The van der Waals surface area contributed by atoms with Gasteiger partial charge in [-0.25, -0.2) is 0 Å². The molecule has 142 valence electrons. The van der Waals surface area contributed by atoms with E-state index in [1.165, 1.54) is 16.2 Å². The summed E-state index contributed by atoms with van der Waals surface area (Å²) >= 11 is 11.0. The highest BCUT2D eigenvalue weighted by Gasteiger charge is 2.51. The maximum absolute atomic E-state index is 13.3. The number of ketones is 1. The lowest BCUT2D eigenvalue weighted by Crippen LogP contribution is -2.41. The van der Waals surface area contributed by atoms with Crippen molar-refractivity contribution in [3.05, 3.63) is 85.5 Å². The van der Waals surface area contributed by atoms with Crippen LogP contribution in [0.5, 0.6) is 0 Å². The van der Waals surface area contributed by atoms with Crippen LogP contribution in [0.25, 0.3) is 0 Å². The molecular formula is C21H15BrClNO3S. The van der Waals surface area contributed by atoms with Gasteiger partial charge in [-0.15, -0.1) is 11.3 Å². The van der Waals surface area contributed by atoms with Crippen LogP contribution >= 0.6 is 38.9 Å². The van der Waals surface area contributed by atoms with Crippen LogP contribution in [0.3, 0.4) is 0 Å². The highest BCUT2D eigenvalue weighted by Crippen LogP contribution is 2.45. The van der Waals surface area contributed by atoms with Crippen molar-refractivity contribution in [1.82, 2.24) is 0 Å². The van der Waals surface area contributed by atoms with E-state index in [0.717, 1.165) is 10.0 Å². The highest BCUT2D eigenvalue weighted by molar-refractivity contribution is 9.10. The molecule has 4 nitrogen and oxygen atoms in total. The van der Waals surface area contributed by atoms with Crippen molar-refractivity contribution >= 4 is 56.2 Å². The van der Waals surface area contributed by atoms with Gasteiger partial charge in [0.1, 0.15) is 0 Å². The van der Waals surface area contributed by atoms with E-state index in [4.69, 9.17) is 11.6 Å². The molecule has 0 saturated heterocycles. The molecule has 0 radical (unpaired) electrons. The summed E-state index contributed by atoms with van der Waals surface area (Å²) in [6.07, 6.45) is -0.311. The molecule has 1 aromatic heterocycles. The number of anilines is 1. The lowest BCUT2D eigenvalue weighted by atomic mass is 9.89. The number of halogens is 2. The zero-order valence-electron chi connectivity index (χ0n) is 14.6. The van der Waals surface area contributed by atoms with Gasteiger partial charge in [-0.2, -0.15) is 0 Å². The summed E-state index contributed by atoms with van der Waals surface area (Å²) in [6, 6.07) is 16.0. The van der Waals surface area contributed by atoms with E-state index in [1.807, 2.05) is 18.2 Å². The average molecular weight is 477 g/mol. The smallest absolute Gasteiger partial charge is 0.264 e. The summed E-state index contributed by atoms with van der Waals surface area (Å²) in [5, 5.41) is 13.7. The van der Waals surface area contributed by atoms with Gasteiger partial charge in [0.25, 0.3) is 5.91 Å². The Kier molecular flexibility index (Phi) is 5.14. The topological polar surface area (TPSA) is 57.6 Å². The lowest BCUT2D eigenvalue weighted by molar-refractivity contribution is -0.136. The number of amides is 1. The van der Waals surface area contributed by atoms with E-state index in [9.17, 15) is 14.7 Å². The Morgan fingerprint density at radius 3 is 2.68 bits per heavy atom. The second-order valence-electron chi connectivity index (χ2n) is 6.58. The Hall–Kier alpha value is -1.99. The molecule has 2 heterocycles. The predicted molar refractivity (Wildman–Crippen MR) is 114 cm³/mol. The number of hydrogen-bond donors (Lipinski definition) is 1. The Bertz CT molecular complexity index is 1070. The third kappa shape index (κ3) is 3.31. The maximum atomic E-state index is 13.3. The largest absolute Gasteiger partial charge is 0.375 e. The number of benzene rings is 2. The van der Waals surface area contributed by atoms with Gasteiger partial charge >= 0.3 is 0 Å². The molecule has 1 N–H and O–H groups in total. The third-order valence-corrected chi connectivity index (χ3v) is 6.57. The molecule has 28 heavy (non-hydrogen) atoms. The van der Waals surface area contributed by atoms with Gasteiger partial charge in [0.15, 0.2) is 11.4 Å². The average Bonchev–Trinajstić information content (AvgIpc) is 3.27. The van der Waals surface area contributed by atoms with E-state index in [0.29, 0.717) is 21.2 Å². The van der Waals surface area contributed by atoms with Crippen molar-refractivity contribution < 1.29 is 14.7 Å². The highest BCUT2D eigenvalue weighted by atomic mass is 79.9. The molecule has 4 rings (SSSR count). The van der Waals surface area contributed by atoms with Gasteiger partial charge in [0.05, 0.1) is 23.5 Å². The maximum Gasteiger partial charge on any atom is 0.264 e. The number of fused-ring (bicyclic) bond motifs is 1. The lowest BCUT2D eigenvalue weighted by Gasteiger charge is -2.23. The zero-order chi connectivity index (χ0) is 19.9. The van der Waals surface area contributed by atoms with Crippen molar-refractivity contribution in [1.29, 1.82) is 0 Å². The predicted octanol–water partition coefficient (Wildman–Crippen LogP) is 5.17. The van der Waals surface area contributed by atoms with Crippen molar-refractivity contribution in [3.63, 3.8) is 0 Å². The van der Waals surface area contributed by atoms with Crippen LogP contribution in [0.2, 0.25) is 5.02 Å². The first-order chi connectivity index (χ1) is 13.4. The monoisotopic (exact) mass is 475 g/mol. The molecule has 1 aliphatic heterocycles. The minimum Gasteiger partial charge on any atom is -0.375 e. The van der Waals surface area contributed by atoms with Crippen LogP contribution in [0.1, 0.15) is 27.2 Å². The molecule has 1 amide bonds. The van der Waals surface area contributed by atoms with Crippen molar-refractivity contribution in [2.75, 3.05) is 4.90 Å². The van der Waals surface area contributed by atoms with Gasteiger partial charge in [0.2, 0.25) is 0 Å². The molecule has 0 unspecified atom stereocenters. The second kappa shape index (κ2) is 7.44. The summed E-state index contributed by atoms with van der Waals surface area (Å²) in [5.41, 5.74) is -0.153. The Labute approximate surface area is 179 Å². The number of aliphatic hydroxyl groups is 1. The fourth-order valence-corrected chi connectivity index (χ4v) is 4.63. The number of carbonyl (C=O) groups excluding carboxylic acids is 2. The molecule has 0 saturated carbocycles. The fourth-order valence-electron chi connectivity index (χ4n) is 3.40. The van der Waals surface area contributed by atoms with Gasteiger partial charge in [0, 0.05) is 15.1 Å². The molecule has 0 fully saturated rings. The van der Waals surface area contributed by atoms with E-state index >= 15 is 0 Å². The number of thiophene rings is 1. The number of hydrogen-bond acceptors (Lipinski definition) is 4. The molecular weight excluding hydrogens is 462 g/mol. The first kappa shape index (κ1) is 19.3. The van der Waals surface area contributed by atoms with E-state index in [2.05, 4.69) is 15.9 Å². The van der Waals surface area contributed by atoms with Gasteiger partial charge in [-0.3, -0.25) is 9.59 Å². The second-order valence-corrected chi connectivity index (χ2v) is 8.85. The molecule has 3 aromatic rings. The van der Waals surface area contributed by atoms with E-state index in [1.54, 1.807) is 41.8 Å². The van der Waals surface area contributed by atoms with Gasteiger partial charge in [-0.1, -0.05) is 51.8 Å². The van der Waals surface area contributed by atoms with Gasteiger partial charge < -0.3 is 10.0 Å². The molecule has 1 aliphatic rings. The Morgan fingerprint density at radius 1 is 1.18 bits per heavy atom. The van der Waals surface area contributed by atoms with Crippen LogP contribution < -0.4 is 4.90 Å². The minimum absolute atomic E-state index is 0.211. The quantitative estimate of drug-likeness (QED) is 0.517. The van der Waals surface area contributed by atoms with Crippen LogP contribution in [0.15, 0.2) is 64.5 Å². The molecule has 1 atom stereocenters. The fraction of sp³-hybridized carbons (Fsp3) is 0.143. The minimum atomic E-state index is -1.92. The summed E-state index contributed by atoms with van der Waals surface area (Å²) < 4.78 is 0.723. The normalized spacial score (nSPS) is 18.4. The zero-order valence-corrected chi connectivity index (χ0v) is 17.7. The van der Waals surface area contributed by atoms with E-state index < -0.39 is 11.5 Å². The Morgan fingerprint density at radius 2 is 1.96 bits per heavy atom. The van der Waals surface area contributed by atoms with Crippen molar-refractivity contribution in [2.24, 2.45) is 0 Å². The number of rotatable bonds is 5. The molecule has 0 bridgehead atoms. The van der Waals surface area contributed by atoms with E-state index in [-0.39, 0.29) is 18.7 Å². The van der Waals surface area contributed by atoms with Crippen LogP contribution in [0, 0.1) is 0 Å². The Balaban J connectivity index is 1.74. The summed E-state index contributed by atoms with van der Waals surface area (Å²) in [7, 11) is 0. The van der Waals surface area contributed by atoms with Gasteiger partial charge in [-0.05, 0) is 41.3 Å². The van der Waals surface area contributed by atoms with Crippen LogP contribution in [0.4, 0.5) is 5.69 Å². The molecule has 0 spiro atoms. The summed E-state index contributed by atoms with van der Waals surface area (Å²) in [5.74, 6) is -0.790. The first-order valence-corrected chi connectivity index (χ1v) is 10.6. The molecule has 7 heteroatoms. The summed E-state index contributed by atoms with van der Waals surface area (Å²) in [4.78, 5) is 28.0. The third-order valence-electron chi connectivity index (χ3n) is 4.79. The molecule has 2 aromatic carbocycles. The first-order valence-electron chi connectivity index (χ1n) is 8.54. The standard InChI is InChI=1S/C21H15BrClNO3S/c22-14-7-8-17-15(10-14)21(27,11-18(25)19-6-3-9-28-19)20(26)24(17)12-13-4-1-2-5-16(13)23/h1-10,27H,11-12H2/t21-/m1/s1.